The normalized spacial score (nSPS) is 35.9. The molecule has 5 heteroatoms. The zero-order valence-corrected chi connectivity index (χ0v) is 11.2. The molecule has 0 aromatic heterocycles. The van der Waals surface area contributed by atoms with Gasteiger partial charge in [-0.1, -0.05) is 0 Å². The lowest BCUT2D eigenvalue weighted by molar-refractivity contribution is -0.168. The Balaban J connectivity index is 2.02. The van der Waals surface area contributed by atoms with Gasteiger partial charge in [-0.2, -0.15) is 0 Å². The van der Waals surface area contributed by atoms with Crippen LogP contribution < -0.4 is 0 Å². The minimum atomic E-state index is -0.214. The van der Waals surface area contributed by atoms with Crippen LogP contribution in [0.3, 0.4) is 0 Å². The third-order valence-electron chi connectivity index (χ3n) is 4.03. The lowest BCUT2D eigenvalue weighted by Gasteiger charge is -2.50. The van der Waals surface area contributed by atoms with Crippen molar-refractivity contribution in [2.24, 2.45) is 0 Å². The van der Waals surface area contributed by atoms with Crippen molar-refractivity contribution in [1.29, 1.82) is 0 Å². The average Bonchev–Trinajstić information content (AvgIpc) is 2.23. The first-order valence-electron chi connectivity index (χ1n) is 6.55. The van der Waals surface area contributed by atoms with Gasteiger partial charge in [0.05, 0.1) is 0 Å². The molecule has 5 nitrogen and oxygen atoms in total. The number of ether oxygens (including phenoxy) is 2. The number of hydrogen-bond acceptors (Lipinski definition) is 5. The number of nitrogens with zero attached hydrogens (tertiary/aromatic N) is 1. The summed E-state index contributed by atoms with van der Waals surface area (Å²) in [5.74, 6) is -0.428. The van der Waals surface area contributed by atoms with Gasteiger partial charge in [-0.15, -0.1) is 0 Å². The standard InChI is InChI=1S/C13H21NO4/c1-8(15)17-12-6-4-11-13(18-9(2)16)7-5-10(12)14(11)3/h10-13H,4-7H2,1-3H3/t10-,11-,12-,13-/m1/s1. The second-order valence-electron chi connectivity index (χ2n) is 5.25. The van der Waals surface area contributed by atoms with Gasteiger partial charge in [-0.25, -0.2) is 0 Å². The van der Waals surface area contributed by atoms with Gasteiger partial charge in [0.1, 0.15) is 12.2 Å². The second kappa shape index (κ2) is 5.26. The Bertz CT molecular complexity index is 312. The lowest BCUT2D eigenvalue weighted by atomic mass is 9.81. The molecule has 0 aromatic carbocycles. The summed E-state index contributed by atoms with van der Waals surface area (Å²) in [6, 6.07) is 0.527. The van der Waals surface area contributed by atoms with Crippen LogP contribution in [0.2, 0.25) is 0 Å². The van der Waals surface area contributed by atoms with Crippen molar-refractivity contribution in [1.82, 2.24) is 4.90 Å². The zero-order chi connectivity index (χ0) is 13.3. The van der Waals surface area contributed by atoms with E-state index in [4.69, 9.17) is 9.47 Å². The van der Waals surface area contributed by atoms with Crippen LogP contribution in [0.1, 0.15) is 39.5 Å². The molecule has 2 aliphatic heterocycles. The van der Waals surface area contributed by atoms with Crippen LogP contribution in [0.5, 0.6) is 0 Å². The topological polar surface area (TPSA) is 55.8 Å². The molecule has 2 heterocycles. The van der Waals surface area contributed by atoms with Crippen LogP contribution in [-0.2, 0) is 19.1 Å². The van der Waals surface area contributed by atoms with Crippen molar-refractivity contribution in [3.8, 4) is 0 Å². The summed E-state index contributed by atoms with van der Waals surface area (Å²) >= 11 is 0. The Labute approximate surface area is 107 Å². The number of piperidine rings is 2. The molecular weight excluding hydrogens is 234 g/mol. The summed E-state index contributed by atoms with van der Waals surface area (Å²) < 4.78 is 10.8. The molecule has 0 radical (unpaired) electrons. The average molecular weight is 255 g/mol. The minimum Gasteiger partial charge on any atom is -0.461 e. The number of esters is 2. The summed E-state index contributed by atoms with van der Waals surface area (Å²) in [5.41, 5.74) is 0. The second-order valence-corrected chi connectivity index (χ2v) is 5.25. The van der Waals surface area contributed by atoms with Gasteiger partial charge < -0.3 is 9.47 Å². The van der Waals surface area contributed by atoms with Crippen molar-refractivity contribution < 1.29 is 19.1 Å². The summed E-state index contributed by atoms with van der Waals surface area (Å²) in [4.78, 5) is 24.4. The van der Waals surface area contributed by atoms with Crippen LogP contribution in [0.4, 0.5) is 0 Å². The predicted octanol–water partition coefficient (Wildman–Crippen LogP) is 1.11. The lowest BCUT2D eigenvalue weighted by Crippen LogP contribution is -2.60. The Kier molecular flexibility index (Phi) is 3.90. The van der Waals surface area contributed by atoms with E-state index in [-0.39, 0.29) is 36.2 Å². The van der Waals surface area contributed by atoms with E-state index in [0.29, 0.717) is 0 Å². The van der Waals surface area contributed by atoms with Crippen LogP contribution in [-0.4, -0.2) is 48.2 Å². The van der Waals surface area contributed by atoms with E-state index in [1.165, 1.54) is 13.8 Å². The molecule has 2 fully saturated rings. The highest BCUT2D eigenvalue weighted by atomic mass is 16.5. The number of hydrogen-bond donors (Lipinski definition) is 0. The summed E-state index contributed by atoms with van der Waals surface area (Å²) in [6.07, 6.45) is 3.50. The molecule has 0 amide bonds. The van der Waals surface area contributed by atoms with Crippen molar-refractivity contribution in [2.45, 2.75) is 63.8 Å². The number of rotatable bonds is 2. The molecule has 4 atom stereocenters. The zero-order valence-electron chi connectivity index (χ0n) is 11.2. The summed E-state index contributed by atoms with van der Waals surface area (Å²) in [6.45, 7) is 2.91. The number of likely N-dealkylation sites (N-methyl/N-ethyl adjacent to an activating group) is 1. The van der Waals surface area contributed by atoms with E-state index in [9.17, 15) is 9.59 Å². The SMILES string of the molecule is CC(=O)O[C@@H]1CC[C@@H]2[C@H](OC(C)=O)CC[C@H]1N2C. The quantitative estimate of drug-likeness (QED) is 0.692. The molecule has 18 heavy (non-hydrogen) atoms. The van der Waals surface area contributed by atoms with Gasteiger partial charge >= 0.3 is 11.9 Å². The first-order chi connectivity index (χ1) is 8.49. The van der Waals surface area contributed by atoms with Crippen LogP contribution in [0, 0.1) is 0 Å². The highest BCUT2D eigenvalue weighted by Crippen LogP contribution is 2.35. The van der Waals surface area contributed by atoms with Gasteiger partial charge in [0, 0.05) is 25.9 Å². The Morgan fingerprint density at radius 3 is 1.61 bits per heavy atom. The molecule has 2 aliphatic rings. The maximum atomic E-state index is 11.1. The number of fused-ring (bicyclic) bond motifs is 2. The smallest absolute Gasteiger partial charge is 0.302 e. The maximum Gasteiger partial charge on any atom is 0.302 e. The highest BCUT2D eigenvalue weighted by Gasteiger charge is 2.44. The van der Waals surface area contributed by atoms with Gasteiger partial charge in [-0.05, 0) is 32.7 Å². The predicted molar refractivity (Wildman–Crippen MR) is 64.9 cm³/mol. The first kappa shape index (κ1) is 13.3. The van der Waals surface area contributed by atoms with Gasteiger partial charge in [0.25, 0.3) is 0 Å². The van der Waals surface area contributed by atoms with Gasteiger partial charge in [0.15, 0.2) is 0 Å². The molecular formula is C13H21NO4. The van der Waals surface area contributed by atoms with E-state index in [2.05, 4.69) is 4.90 Å². The Hall–Kier alpha value is -1.10. The molecule has 0 N–H and O–H groups in total. The molecule has 0 saturated carbocycles. The number of carbonyl (C=O) groups is 2. The Morgan fingerprint density at radius 2 is 1.28 bits per heavy atom. The third kappa shape index (κ3) is 2.66. The van der Waals surface area contributed by atoms with Crippen LogP contribution in [0.25, 0.3) is 0 Å². The molecule has 2 bridgehead atoms. The van der Waals surface area contributed by atoms with Crippen LogP contribution in [0.15, 0.2) is 0 Å². The van der Waals surface area contributed by atoms with Crippen molar-refractivity contribution >= 4 is 11.9 Å². The number of carbonyl (C=O) groups excluding carboxylic acids is 2. The largest absolute Gasteiger partial charge is 0.461 e. The van der Waals surface area contributed by atoms with E-state index in [1.807, 2.05) is 7.05 Å². The monoisotopic (exact) mass is 255 g/mol. The van der Waals surface area contributed by atoms with Gasteiger partial charge in [0.2, 0.25) is 0 Å². The highest BCUT2D eigenvalue weighted by molar-refractivity contribution is 5.66. The van der Waals surface area contributed by atoms with Crippen molar-refractivity contribution in [3.05, 3.63) is 0 Å². The first-order valence-corrected chi connectivity index (χ1v) is 6.55. The molecule has 102 valence electrons. The van der Waals surface area contributed by atoms with E-state index in [0.717, 1.165) is 25.7 Å². The Morgan fingerprint density at radius 1 is 0.889 bits per heavy atom. The van der Waals surface area contributed by atoms with Gasteiger partial charge in [-0.3, -0.25) is 14.5 Å². The maximum absolute atomic E-state index is 11.1. The van der Waals surface area contributed by atoms with Crippen molar-refractivity contribution in [3.63, 3.8) is 0 Å². The summed E-state index contributed by atoms with van der Waals surface area (Å²) in [5, 5.41) is 0. The van der Waals surface area contributed by atoms with E-state index >= 15 is 0 Å². The fraction of sp³-hybridized carbons (Fsp3) is 0.846. The molecule has 0 aromatic rings. The third-order valence-corrected chi connectivity index (χ3v) is 4.03. The van der Waals surface area contributed by atoms with Crippen molar-refractivity contribution in [2.75, 3.05) is 7.05 Å². The molecule has 0 aliphatic carbocycles. The molecule has 0 spiro atoms. The molecule has 0 unspecified atom stereocenters. The van der Waals surface area contributed by atoms with E-state index in [1.54, 1.807) is 0 Å². The summed E-state index contributed by atoms with van der Waals surface area (Å²) in [7, 11) is 2.03. The minimum absolute atomic E-state index is 0.0120. The van der Waals surface area contributed by atoms with Crippen LogP contribution >= 0.6 is 0 Å². The molecule has 2 saturated heterocycles. The fourth-order valence-electron chi connectivity index (χ4n) is 3.31. The molecule has 2 rings (SSSR count). The van der Waals surface area contributed by atoms with E-state index < -0.39 is 0 Å². The fourth-order valence-corrected chi connectivity index (χ4v) is 3.31.